The lowest BCUT2D eigenvalue weighted by molar-refractivity contribution is 0.666. The molecule has 10 rings (SSSR count). The number of hydrogen-bond acceptors (Lipinski definition) is 1. The van der Waals surface area contributed by atoms with Crippen molar-refractivity contribution in [3.8, 4) is 22.3 Å². The largest absolute Gasteiger partial charge is 0.355 e. The van der Waals surface area contributed by atoms with Crippen molar-refractivity contribution >= 4 is 38.9 Å². The summed E-state index contributed by atoms with van der Waals surface area (Å²) in [6.07, 6.45) is 6.79. The fourth-order valence-electron chi connectivity index (χ4n) is 8.43. The first-order valence-corrected chi connectivity index (χ1v) is 15.9. The molecule has 1 spiro atoms. The number of nitrogens with one attached hydrogen (secondary N) is 1. The molecule has 2 nitrogen and oxygen atoms in total. The summed E-state index contributed by atoms with van der Waals surface area (Å²) in [5.74, 6) is 0. The van der Waals surface area contributed by atoms with E-state index in [0.29, 0.717) is 0 Å². The summed E-state index contributed by atoms with van der Waals surface area (Å²) in [4.78, 5) is 0. The van der Waals surface area contributed by atoms with E-state index in [2.05, 4.69) is 162 Å². The highest BCUT2D eigenvalue weighted by Crippen LogP contribution is 2.61. The topological polar surface area (TPSA) is 17.0 Å². The van der Waals surface area contributed by atoms with Crippen molar-refractivity contribution < 1.29 is 0 Å². The van der Waals surface area contributed by atoms with Crippen molar-refractivity contribution in [2.75, 3.05) is 5.32 Å². The smallest absolute Gasteiger partial charge is 0.0746 e. The number of nitrogens with zero attached hydrogens (tertiary/aromatic N) is 1. The van der Waals surface area contributed by atoms with Crippen molar-refractivity contribution in [2.45, 2.75) is 18.3 Å². The Bertz CT molecular complexity index is 2300. The van der Waals surface area contributed by atoms with Crippen LogP contribution in [0.5, 0.6) is 0 Å². The predicted octanol–water partition coefficient (Wildman–Crippen LogP) is 11.1. The summed E-state index contributed by atoms with van der Waals surface area (Å²) in [5.41, 5.74) is 16.3. The average Bonchev–Trinajstić information content (AvgIpc) is 3.46. The molecule has 0 saturated heterocycles. The molecule has 1 N–H and O–H groups in total. The molecule has 0 amide bonds. The zero-order valence-electron chi connectivity index (χ0n) is 24.8. The van der Waals surface area contributed by atoms with Crippen molar-refractivity contribution in [1.82, 2.24) is 4.57 Å². The Labute approximate surface area is 262 Å². The fourth-order valence-corrected chi connectivity index (χ4v) is 8.43. The quantitative estimate of drug-likeness (QED) is 0.217. The van der Waals surface area contributed by atoms with Gasteiger partial charge in [-0.1, -0.05) is 115 Å². The Kier molecular flexibility index (Phi) is 5.07. The van der Waals surface area contributed by atoms with E-state index in [9.17, 15) is 0 Å². The van der Waals surface area contributed by atoms with E-state index >= 15 is 0 Å². The third-order valence-corrected chi connectivity index (χ3v) is 10.3. The second-order valence-corrected chi connectivity index (χ2v) is 12.5. The van der Waals surface area contributed by atoms with Crippen molar-refractivity contribution in [3.05, 3.63) is 174 Å². The number of benzene rings is 6. The Hall–Kier alpha value is -5.60. The summed E-state index contributed by atoms with van der Waals surface area (Å²) in [6, 6.07) is 51.6. The van der Waals surface area contributed by atoms with Gasteiger partial charge in [0.15, 0.2) is 0 Å². The molecule has 0 saturated carbocycles. The van der Waals surface area contributed by atoms with Crippen LogP contribution in [0, 0.1) is 0 Å². The number of aromatic nitrogens is 1. The highest BCUT2D eigenvalue weighted by atomic mass is 15.0. The molecule has 1 aliphatic carbocycles. The van der Waals surface area contributed by atoms with Gasteiger partial charge < -0.3 is 9.88 Å². The summed E-state index contributed by atoms with van der Waals surface area (Å²) in [5, 5.41) is 6.52. The van der Waals surface area contributed by atoms with Gasteiger partial charge in [-0.05, 0) is 93.8 Å². The minimum atomic E-state index is -0.463. The first-order chi connectivity index (χ1) is 22.3. The van der Waals surface area contributed by atoms with E-state index in [1.807, 2.05) is 0 Å². The van der Waals surface area contributed by atoms with Gasteiger partial charge in [0, 0.05) is 27.8 Å². The van der Waals surface area contributed by atoms with Crippen LogP contribution in [-0.2, 0) is 5.41 Å². The second kappa shape index (κ2) is 9.20. The number of anilines is 2. The first-order valence-electron chi connectivity index (χ1n) is 15.9. The third kappa shape index (κ3) is 3.29. The standard InChI is InChI=1S/C43H30N2/c1-3-12-28(13-4-1)30-22-24-38-36(26-30)43(37-27-31(23-25-39(37)44-38)29-14-5-2-6-15-29)34-18-8-10-21-41(34)45-40-20-9-7-16-32(40)33-17-11-19-35(43)42(33)45/h1-7,9-17,19-27,44H,8,18H2. The molecule has 2 heteroatoms. The lowest BCUT2D eigenvalue weighted by Crippen LogP contribution is -2.39. The molecule has 1 aromatic heterocycles. The molecule has 0 fully saturated rings. The van der Waals surface area contributed by atoms with Crippen molar-refractivity contribution in [1.29, 1.82) is 0 Å². The van der Waals surface area contributed by atoms with Gasteiger partial charge in [-0.2, -0.15) is 0 Å². The van der Waals surface area contributed by atoms with Crippen LogP contribution in [0.15, 0.2) is 157 Å². The van der Waals surface area contributed by atoms with Gasteiger partial charge in [-0.3, -0.25) is 0 Å². The van der Waals surface area contributed by atoms with Crippen LogP contribution < -0.4 is 5.32 Å². The van der Waals surface area contributed by atoms with Crippen molar-refractivity contribution in [2.24, 2.45) is 0 Å². The summed E-state index contributed by atoms with van der Waals surface area (Å²) >= 11 is 0. The molecule has 6 aromatic carbocycles. The molecule has 45 heavy (non-hydrogen) atoms. The molecular formula is C43H30N2. The molecule has 2 aliphatic heterocycles. The zero-order chi connectivity index (χ0) is 29.5. The van der Waals surface area contributed by atoms with Gasteiger partial charge in [0.05, 0.1) is 16.4 Å². The lowest BCUT2D eigenvalue weighted by Gasteiger charge is -2.48. The van der Waals surface area contributed by atoms with Crippen molar-refractivity contribution in [3.63, 3.8) is 0 Å². The molecule has 0 unspecified atom stereocenters. The Balaban J connectivity index is 1.40. The zero-order valence-corrected chi connectivity index (χ0v) is 24.8. The van der Waals surface area contributed by atoms with E-state index in [0.717, 1.165) is 12.8 Å². The molecule has 0 atom stereocenters. The normalized spacial score (nSPS) is 15.6. The molecule has 7 aromatic rings. The molecule has 212 valence electrons. The molecular weight excluding hydrogens is 544 g/mol. The predicted molar refractivity (Wildman–Crippen MR) is 188 cm³/mol. The van der Waals surface area contributed by atoms with Crippen LogP contribution in [0.3, 0.4) is 0 Å². The monoisotopic (exact) mass is 574 g/mol. The summed E-state index contributed by atoms with van der Waals surface area (Å²) in [6.45, 7) is 0. The van der Waals surface area contributed by atoms with Gasteiger partial charge in [0.1, 0.15) is 0 Å². The maximum atomic E-state index is 3.90. The van der Waals surface area contributed by atoms with E-state index in [1.54, 1.807) is 0 Å². The maximum absolute atomic E-state index is 3.90. The third-order valence-electron chi connectivity index (χ3n) is 10.3. The Morgan fingerprint density at radius 2 is 1.16 bits per heavy atom. The van der Waals surface area contributed by atoms with Crippen LogP contribution in [-0.4, -0.2) is 4.57 Å². The number of allylic oxidation sites excluding steroid dienone is 4. The van der Waals surface area contributed by atoms with Gasteiger partial charge >= 0.3 is 0 Å². The maximum Gasteiger partial charge on any atom is 0.0746 e. The highest BCUT2D eigenvalue weighted by Gasteiger charge is 2.50. The number of hydrogen-bond donors (Lipinski definition) is 1. The Morgan fingerprint density at radius 3 is 1.84 bits per heavy atom. The van der Waals surface area contributed by atoms with E-state index in [-0.39, 0.29) is 0 Å². The van der Waals surface area contributed by atoms with E-state index in [4.69, 9.17) is 0 Å². The van der Waals surface area contributed by atoms with Gasteiger partial charge in [-0.25, -0.2) is 0 Å². The summed E-state index contributed by atoms with van der Waals surface area (Å²) < 4.78 is 2.56. The minimum absolute atomic E-state index is 0.463. The number of para-hydroxylation sites is 2. The van der Waals surface area contributed by atoms with E-state index in [1.165, 1.54) is 83.4 Å². The molecule has 0 radical (unpaired) electrons. The molecule has 0 bridgehead atoms. The average molecular weight is 575 g/mol. The van der Waals surface area contributed by atoms with Gasteiger partial charge in [0.25, 0.3) is 0 Å². The minimum Gasteiger partial charge on any atom is -0.355 e. The van der Waals surface area contributed by atoms with Crippen LogP contribution in [0.1, 0.15) is 29.5 Å². The highest BCUT2D eigenvalue weighted by molar-refractivity contribution is 6.14. The van der Waals surface area contributed by atoms with Gasteiger partial charge in [0.2, 0.25) is 0 Å². The SMILES string of the molecule is C1=CC2=C(CC1)C1(c3cc(-c4ccccc4)ccc3Nc3ccc(-c4ccccc4)cc31)c1cccc3c4ccccc4n2c13. The van der Waals surface area contributed by atoms with Gasteiger partial charge in [-0.15, -0.1) is 0 Å². The number of rotatable bonds is 2. The second-order valence-electron chi connectivity index (χ2n) is 12.5. The molecule has 3 heterocycles. The first kappa shape index (κ1) is 24.8. The van der Waals surface area contributed by atoms with Crippen LogP contribution in [0.25, 0.3) is 49.8 Å². The summed E-state index contributed by atoms with van der Waals surface area (Å²) in [7, 11) is 0. The van der Waals surface area contributed by atoms with Crippen LogP contribution in [0.4, 0.5) is 11.4 Å². The van der Waals surface area contributed by atoms with Crippen LogP contribution in [0.2, 0.25) is 0 Å². The lowest BCUT2D eigenvalue weighted by atomic mass is 9.58. The Morgan fingerprint density at radius 1 is 0.533 bits per heavy atom. The number of fused-ring (bicyclic) bond motifs is 10. The molecule has 3 aliphatic rings. The fraction of sp³-hybridized carbons (Fsp3) is 0.0698. The van der Waals surface area contributed by atoms with E-state index < -0.39 is 5.41 Å². The van der Waals surface area contributed by atoms with Crippen LogP contribution >= 0.6 is 0 Å².